The van der Waals surface area contributed by atoms with E-state index in [0.29, 0.717) is 28.9 Å². The lowest BCUT2D eigenvalue weighted by Crippen LogP contribution is -2.30. The molecular formula is C28H33N3O5S. The molecule has 3 rings (SSSR count). The quantitative estimate of drug-likeness (QED) is 0.280. The summed E-state index contributed by atoms with van der Waals surface area (Å²) in [5, 5.41) is 5.61. The van der Waals surface area contributed by atoms with Crippen LogP contribution in [0, 0.1) is 0 Å². The van der Waals surface area contributed by atoms with Gasteiger partial charge in [0, 0.05) is 18.7 Å². The maximum Gasteiger partial charge on any atom is 0.319 e. The highest BCUT2D eigenvalue weighted by atomic mass is 32.2. The normalized spacial score (nSPS) is 12.0. The molecular weight excluding hydrogens is 490 g/mol. The second-order valence-electron chi connectivity index (χ2n) is 8.67. The predicted molar refractivity (Wildman–Crippen MR) is 145 cm³/mol. The zero-order valence-corrected chi connectivity index (χ0v) is 22.1. The third kappa shape index (κ3) is 7.90. The monoisotopic (exact) mass is 523 g/mol. The number of benzene rings is 3. The van der Waals surface area contributed by atoms with Gasteiger partial charge in [0.25, 0.3) is 0 Å². The van der Waals surface area contributed by atoms with E-state index in [9.17, 15) is 18.0 Å². The molecule has 9 heteroatoms. The van der Waals surface area contributed by atoms with Gasteiger partial charge in [0.05, 0.1) is 13.2 Å². The highest BCUT2D eigenvalue weighted by Crippen LogP contribution is 2.32. The summed E-state index contributed by atoms with van der Waals surface area (Å²) in [5.74, 6) is 0.0378. The number of unbranched alkanes of at least 4 members (excludes halogenated alkanes) is 1. The molecule has 3 aromatic carbocycles. The van der Waals surface area contributed by atoms with Crippen LogP contribution in [0.25, 0.3) is 11.1 Å². The molecule has 0 aliphatic carbocycles. The van der Waals surface area contributed by atoms with E-state index in [2.05, 4.69) is 15.4 Å². The fraction of sp³-hybridized carbons (Fsp3) is 0.286. The Bertz CT molecular complexity index is 1330. The van der Waals surface area contributed by atoms with Crippen molar-refractivity contribution >= 4 is 27.5 Å². The Balaban J connectivity index is 1.91. The van der Waals surface area contributed by atoms with Crippen molar-refractivity contribution in [2.24, 2.45) is 0 Å². The topological polar surface area (TPSA) is 114 Å². The summed E-state index contributed by atoms with van der Waals surface area (Å²) in [5.41, 5.74) is 2.61. The van der Waals surface area contributed by atoms with Crippen molar-refractivity contribution in [3.63, 3.8) is 0 Å². The number of Topliss-reactive ketones (excluding diaryl/α,β-unsaturated/α-hetero) is 1. The molecule has 0 heterocycles. The van der Waals surface area contributed by atoms with E-state index < -0.39 is 16.1 Å². The maximum absolute atomic E-state index is 13.5. The molecule has 8 nitrogen and oxygen atoms in total. The number of ether oxygens (including phenoxy) is 1. The number of methoxy groups -OCH3 is 1. The first-order chi connectivity index (χ1) is 17.7. The minimum absolute atomic E-state index is 0.0132. The Hall–Kier alpha value is -3.69. The van der Waals surface area contributed by atoms with Gasteiger partial charge >= 0.3 is 6.03 Å². The fourth-order valence-corrected chi connectivity index (χ4v) is 5.27. The van der Waals surface area contributed by atoms with Crippen LogP contribution < -0.4 is 20.1 Å². The molecule has 0 saturated carbocycles. The second kappa shape index (κ2) is 13.0. The number of amides is 2. The van der Waals surface area contributed by atoms with Crippen LogP contribution in [-0.2, 0) is 14.8 Å². The van der Waals surface area contributed by atoms with Crippen molar-refractivity contribution in [3.05, 3.63) is 78.4 Å². The summed E-state index contributed by atoms with van der Waals surface area (Å²) in [6.45, 7) is 4.06. The number of hydrogen-bond donors (Lipinski definition) is 3. The number of nitrogens with one attached hydrogen (secondary N) is 3. The molecule has 37 heavy (non-hydrogen) atoms. The van der Waals surface area contributed by atoms with E-state index in [1.807, 2.05) is 19.1 Å². The fourth-order valence-electron chi connectivity index (χ4n) is 3.85. The molecule has 0 saturated heterocycles. The molecule has 1 unspecified atom stereocenters. The molecule has 0 bridgehead atoms. The average Bonchev–Trinajstić information content (AvgIpc) is 2.88. The lowest BCUT2D eigenvalue weighted by molar-refractivity contribution is -0.117. The minimum Gasteiger partial charge on any atom is -0.495 e. The van der Waals surface area contributed by atoms with Crippen LogP contribution in [0.3, 0.4) is 0 Å². The van der Waals surface area contributed by atoms with E-state index in [1.165, 1.54) is 20.1 Å². The first-order valence-electron chi connectivity index (χ1n) is 12.1. The largest absolute Gasteiger partial charge is 0.495 e. The average molecular weight is 524 g/mol. The van der Waals surface area contributed by atoms with Crippen molar-refractivity contribution in [2.45, 2.75) is 44.0 Å². The Morgan fingerprint density at radius 1 is 0.946 bits per heavy atom. The van der Waals surface area contributed by atoms with Crippen molar-refractivity contribution in [1.29, 1.82) is 0 Å². The number of ketones is 1. The van der Waals surface area contributed by atoms with Gasteiger partial charge in [-0.1, -0.05) is 61.9 Å². The Morgan fingerprint density at radius 3 is 2.35 bits per heavy atom. The molecule has 3 N–H and O–H groups in total. The smallest absolute Gasteiger partial charge is 0.319 e. The third-order valence-electron chi connectivity index (χ3n) is 5.71. The van der Waals surface area contributed by atoms with Crippen molar-refractivity contribution in [1.82, 2.24) is 10.0 Å². The van der Waals surface area contributed by atoms with Gasteiger partial charge in [-0.3, -0.25) is 4.79 Å². The van der Waals surface area contributed by atoms with Gasteiger partial charge in [0.1, 0.15) is 16.4 Å². The summed E-state index contributed by atoms with van der Waals surface area (Å²) in [6, 6.07) is 20.0. The molecule has 196 valence electrons. The highest BCUT2D eigenvalue weighted by molar-refractivity contribution is 7.89. The van der Waals surface area contributed by atoms with Crippen LogP contribution >= 0.6 is 0 Å². The number of urea groups is 1. The summed E-state index contributed by atoms with van der Waals surface area (Å²) < 4.78 is 35.1. The maximum atomic E-state index is 13.5. The predicted octanol–water partition coefficient (Wildman–Crippen LogP) is 5.28. The third-order valence-corrected chi connectivity index (χ3v) is 7.21. The molecule has 3 aromatic rings. The van der Waals surface area contributed by atoms with Gasteiger partial charge in [-0.15, -0.1) is 0 Å². The van der Waals surface area contributed by atoms with Crippen molar-refractivity contribution in [2.75, 3.05) is 19.0 Å². The minimum atomic E-state index is -4.08. The molecule has 2 amide bonds. The van der Waals surface area contributed by atoms with Gasteiger partial charge < -0.3 is 15.4 Å². The summed E-state index contributed by atoms with van der Waals surface area (Å²) in [7, 11) is -2.67. The van der Waals surface area contributed by atoms with Crippen LogP contribution in [0.4, 0.5) is 10.5 Å². The van der Waals surface area contributed by atoms with Gasteiger partial charge in [0.2, 0.25) is 10.0 Å². The SMILES string of the molecule is CCCCNC(=O)Nc1cccc(-c2ccc(OC)c(S(=O)(=O)NC(CC(C)=O)c3ccccc3)c2)c1. The number of anilines is 1. The molecule has 0 fully saturated rings. The summed E-state index contributed by atoms with van der Waals surface area (Å²) in [6.07, 6.45) is 1.88. The molecule has 0 aromatic heterocycles. The van der Waals surface area contributed by atoms with Gasteiger partial charge in [-0.05, 0) is 54.3 Å². The number of sulfonamides is 1. The molecule has 0 radical (unpaired) electrons. The number of rotatable bonds is 12. The number of carbonyl (C=O) groups excluding carboxylic acids is 2. The van der Waals surface area contributed by atoms with Crippen molar-refractivity contribution in [3.8, 4) is 16.9 Å². The number of carbonyl (C=O) groups is 2. The lowest BCUT2D eigenvalue weighted by Gasteiger charge is -2.20. The van der Waals surface area contributed by atoms with E-state index >= 15 is 0 Å². The molecule has 0 spiro atoms. The lowest BCUT2D eigenvalue weighted by atomic mass is 10.0. The van der Waals surface area contributed by atoms with E-state index in [0.717, 1.165) is 12.8 Å². The Morgan fingerprint density at radius 2 is 1.68 bits per heavy atom. The summed E-state index contributed by atoms with van der Waals surface area (Å²) >= 11 is 0. The van der Waals surface area contributed by atoms with Gasteiger partial charge in [0.15, 0.2) is 0 Å². The molecule has 0 aliphatic rings. The van der Waals surface area contributed by atoms with E-state index in [4.69, 9.17) is 4.74 Å². The van der Waals surface area contributed by atoms with Crippen LogP contribution in [0.1, 0.15) is 44.7 Å². The van der Waals surface area contributed by atoms with Crippen LogP contribution in [0.5, 0.6) is 5.75 Å². The second-order valence-corrected chi connectivity index (χ2v) is 10.4. The Kier molecular flexibility index (Phi) is 9.82. The zero-order valence-electron chi connectivity index (χ0n) is 21.3. The van der Waals surface area contributed by atoms with Crippen LogP contribution in [0.2, 0.25) is 0 Å². The van der Waals surface area contributed by atoms with E-state index in [-0.39, 0.29) is 28.9 Å². The molecule has 1 atom stereocenters. The first-order valence-corrected chi connectivity index (χ1v) is 13.6. The first kappa shape index (κ1) is 27.9. The Labute approximate surface area is 218 Å². The zero-order chi connectivity index (χ0) is 26.8. The molecule has 0 aliphatic heterocycles. The van der Waals surface area contributed by atoms with Crippen LogP contribution in [-0.4, -0.2) is 33.9 Å². The van der Waals surface area contributed by atoms with Gasteiger partial charge in [-0.2, -0.15) is 0 Å². The summed E-state index contributed by atoms with van der Waals surface area (Å²) in [4.78, 5) is 24.0. The standard InChI is InChI=1S/C28H33N3O5S/c1-4-5-16-29-28(33)30-24-13-9-12-22(18-24)23-14-15-26(36-3)27(19-23)37(34,35)31-25(17-20(2)32)21-10-7-6-8-11-21/h6-15,18-19,25,31H,4-5,16-17H2,1-3H3,(H2,29,30,33). The highest BCUT2D eigenvalue weighted by Gasteiger charge is 2.26. The van der Waals surface area contributed by atoms with E-state index in [1.54, 1.807) is 54.6 Å². The van der Waals surface area contributed by atoms with Gasteiger partial charge in [-0.25, -0.2) is 17.9 Å². The van der Waals surface area contributed by atoms with Crippen molar-refractivity contribution < 1.29 is 22.7 Å². The number of hydrogen-bond acceptors (Lipinski definition) is 5. The van der Waals surface area contributed by atoms with Crippen LogP contribution in [0.15, 0.2) is 77.7 Å².